The van der Waals surface area contributed by atoms with E-state index < -0.39 is 42.0 Å². The fraction of sp³-hybridized carbons (Fsp3) is 0.864. The van der Waals surface area contributed by atoms with E-state index in [0.717, 1.165) is 19.3 Å². The Bertz CT molecular complexity index is 545. The van der Waals surface area contributed by atoms with E-state index in [1.165, 1.54) is 0 Å². The number of ketones is 2. The number of unbranched alkanes of at least 4 members (excludes halogenated alkanes) is 3. The summed E-state index contributed by atoms with van der Waals surface area (Å²) in [5.74, 6) is -6.39. The fourth-order valence-electron chi connectivity index (χ4n) is 4.31. The molecule has 7 heteroatoms. The van der Waals surface area contributed by atoms with Gasteiger partial charge in [-0.2, -0.15) is 8.78 Å². The van der Waals surface area contributed by atoms with Crippen LogP contribution in [0.4, 0.5) is 8.78 Å². The Morgan fingerprint density at radius 3 is 2.28 bits per heavy atom. The molecular formula is C22H36F2O5. The second kappa shape index (κ2) is 12.4. The number of halogens is 2. The summed E-state index contributed by atoms with van der Waals surface area (Å²) < 4.78 is 28.5. The molecule has 0 amide bonds. The molecule has 0 saturated heterocycles. The third-order valence-corrected chi connectivity index (χ3v) is 6.30. The van der Waals surface area contributed by atoms with Gasteiger partial charge < -0.3 is 10.2 Å². The minimum atomic E-state index is -3.36. The van der Waals surface area contributed by atoms with Gasteiger partial charge in [0, 0.05) is 31.6 Å². The molecule has 0 aromatic carbocycles. The van der Waals surface area contributed by atoms with Crippen LogP contribution in [0.15, 0.2) is 0 Å². The van der Waals surface area contributed by atoms with E-state index in [1.807, 2.05) is 13.8 Å². The van der Waals surface area contributed by atoms with E-state index in [0.29, 0.717) is 25.7 Å². The Morgan fingerprint density at radius 2 is 1.69 bits per heavy atom. The number of aliphatic carboxylic acids is 1. The molecule has 0 heterocycles. The van der Waals surface area contributed by atoms with Crippen molar-refractivity contribution in [3.63, 3.8) is 0 Å². The summed E-state index contributed by atoms with van der Waals surface area (Å²) in [5, 5.41) is 18.8. The Labute approximate surface area is 172 Å². The van der Waals surface area contributed by atoms with Crippen LogP contribution in [0.25, 0.3) is 0 Å². The van der Waals surface area contributed by atoms with Crippen molar-refractivity contribution >= 4 is 17.5 Å². The van der Waals surface area contributed by atoms with Crippen LogP contribution >= 0.6 is 0 Å². The summed E-state index contributed by atoms with van der Waals surface area (Å²) >= 11 is 0. The molecule has 0 radical (unpaired) electrons. The van der Waals surface area contributed by atoms with Gasteiger partial charge in [0.2, 0.25) is 5.78 Å². The maximum Gasteiger partial charge on any atom is 0.305 e. The maximum absolute atomic E-state index is 14.2. The van der Waals surface area contributed by atoms with Crippen LogP contribution in [0.5, 0.6) is 0 Å². The SMILES string of the molecule is CCC(CC)CC(F)(F)C(=O)CC[C@H]1[C@H](O)CC(=O)[C@@H]1CCCCCCC(=O)O. The van der Waals surface area contributed by atoms with Crippen molar-refractivity contribution in [1.29, 1.82) is 0 Å². The zero-order chi connectivity index (χ0) is 22.0. The molecule has 168 valence electrons. The molecule has 1 saturated carbocycles. The predicted molar refractivity (Wildman–Crippen MR) is 106 cm³/mol. The third-order valence-electron chi connectivity index (χ3n) is 6.30. The van der Waals surface area contributed by atoms with E-state index in [4.69, 9.17) is 5.11 Å². The van der Waals surface area contributed by atoms with Crippen LogP contribution < -0.4 is 0 Å². The number of alkyl halides is 2. The van der Waals surface area contributed by atoms with Gasteiger partial charge in [-0.05, 0) is 31.1 Å². The lowest BCUT2D eigenvalue weighted by atomic mass is 9.84. The molecule has 1 aliphatic rings. The smallest absolute Gasteiger partial charge is 0.305 e. The highest BCUT2D eigenvalue weighted by Gasteiger charge is 2.44. The number of rotatable bonds is 15. The molecule has 1 fully saturated rings. The number of hydrogen-bond acceptors (Lipinski definition) is 4. The third kappa shape index (κ3) is 8.49. The Balaban J connectivity index is 2.51. The normalized spacial score (nSPS) is 22.4. The van der Waals surface area contributed by atoms with Crippen molar-refractivity contribution in [3.8, 4) is 0 Å². The van der Waals surface area contributed by atoms with E-state index in [1.54, 1.807) is 0 Å². The van der Waals surface area contributed by atoms with Crippen LogP contribution in [0.1, 0.15) is 90.9 Å². The van der Waals surface area contributed by atoms with Gasteiger partial charge in [0.25, 0.3) is 0 Å². The highest BCUT2D eigenvalue weighted by atomic mass is 19.3. The summed E-state index contributed by atoms with van der Waals surface area (Å²) in [4.78, 5) is 34.8. The molecule has 29 heavy (non-hydrogen) atoms. The number of Topliss-reactive ketones (excluding diaryl/α,β-unsaturated/α-hetero) is 2. The molecule has 0 bridgehead atoms. The second-order valence-electron chi connectivity index (χ2n) is 8.41. The molecule has 1 rings (SSSR count). The van der Waals surface area contributed by atoms with Crippen LogP contribution in [0, 0.1) is 17.8 Å². The van der Waals surface area contributed by atoms with Crippen LogP contribution in [-0.2, 0) is 14.4 Å². The average Bonchev–Trinajstić information content (AvgIpc) is 2.92. The minimum Gasteiger partial charge on any atom is -0.481 e. The molecule has 0 aliphatic heterocycles. The predicted octanol–water partition coefficient (Wildman–Crippen LogP) is 4.79. The van der Waals surface area contributed by atoms with Crippen molar-refractivity contribution in [2.75, 3.05) is 0 Å². The first-order valence-electron chi connectivity index (χ1n) is 11.0. The monoisotopic (exact) mass is 418 g/mol. The van der Waals surface area contributed by atoms with Gasteiger partial charge in [0.1, 0.15) is 5.78 Å². The molecule has 0 aromatic heterocycles. The van der Waals surface area contributed by atoms with Gasteiger partial charge in [-0.15, -0.1) is 0 Å². The summed E-state index contributed by atoms with van der Waals surface area (Å²) in [6.07, 6.45) is 3.20. The highest BCUT2D eigenvalue weighted by molar-refractivity contribution is 5.86. The van der Waals surface area contributed by atoms with Crippen molar-refractivity contribution in [3.05, 3.63) is 0 Å². The van der Waals surface area contributed by atoms with E-state index in [9.17, 15) is 28.3 Å². The number of aliphatic hydroxyl groups is 1. The van der Waals surface area contributed by atoms with Gasteiger partial charge in [0.05, 0.1) is 6.10 Å². The average molecular weight is 419 g/mol. The van der Waals surface area contributed by atoms with Crippen LogP contribution in [0.3, 0.4) is 0 Å². The maximum atomic E-state index is 14.2. The minimum absolute atomic E-state index is 0.0205. The van der Waals surface area contributed by atoms with Crippen molar-refractivity contribution in [2.45, 2.75) is 103 Å². The Hall–Kier alpha value is -1.37. The highest BCUT2D eigenvalue weighted by Crippen LogP contribution is 2.38. The molecule has 5 nitrogen and oxygen atoms in total. The lowest BCUT2D eigenvalue weighted by Crippen LogP contribution is -2.32. The van der Waals surface area contributed by atoms with Gasteiger partial charge in [-0.25, -0.2) is 0 Å². The van der Waals surface area contributed by atoms with Crippen molar-refractivity contribution in [1.82, 2.24) is 0 Å². The quantitative estimate of drug-likeness (QED) is 0.373. The van der Waals surface area contributed by atoms with Gasteiger partial charge >= 0.3 is 11.9 Å². The van der Waals surface area contributed by atoms with E-state index >= 15 is 0 Å². The lowest BCUT2D eigenvalue weighted by Gasteiger charge is -2.23. The van der Waals surface area contributed by atoms with Crippen LogP contribution in [-0.4, -0.2) is 39.8 Å². The lowest BCUT2D eigenvalue weighted by molar-refractivity contribution is -0.146. The number of aliphatic hydroxyl groups excluding tert-OH is 1. The summed E-state index contributed by atoms with van der Waals surface area (Å²) in [7, 11) is 0. The number of carbonyl (C=O) groups excluding carboxylic acids is 2. The van der Waals surface area contributed by atoms with Crippen molar-refractivity contribution in [2.24, 2.45) is 17.8 Å². The van der Waals surface area contributed by atoms with E-state index in [2.05, 4.69) is 0 Å². The molecule has 1 aliphatic carbocycles. The molecule has 0 spiro atoms. The summed E-state index contributed by atoms with van der Waals surface area (Å²) in [6.45, 7) is 3.67. The first-order chi connectivity index (χ1) is 13.6. The zero-order valence-electron chi connectivity index (χ0n) is 17.7. The molecule has 2 N–H and O–H groups in total. The van der Waals surface area contributed by atoms with E-state index in [-0.39, 0.29) is 37.4 Å². The molecular weight excluding hydrogens is 382 g/mol. The Kier molecular flexibility index (Phi) is 10.9. The number of carboxylic acid groups (broad SMARTS) is 1. The van der Waals surface area contributed by atoms with Gasteiger partial charge in [-0.1, -0.05) is 46.0 Å². The summed E-state index contributed by atoms with van der Waals surface area (Å²) in [5.41, 5.74) is 0. The first-order valence-corrected chi connectivity index (χ1v) is 11.0. The van der Waals surface area contributed by atoms with Gasteiger partial charge in [-0.3, -0.25) is 14.4 Å². The first kappa shape index (κ1) is 25.7. The Morgan fingerprint density at radius 1 is 1.07 bits per heavy atom. The standard InChI is InChI=1S/C22H36F2O5/c1-3-15(4-2)14-22(23,24)20(27)12-11-17-16(18(25)13-19(17)26)9-7-5-6-8-10-21(28)29/h15-17,19,26H,3-14H2,1-2H3,(H,28,29)/t16-,17-,19-/m1/s1. The largest absolute Gasteiger partial charge is 0.481 e. The van der Waals surface area contributed by atoms with Crippen molar-refractivity contribution < 1.29 is 33.4 Å². The second-order valence-corrected chi connectivity index (χ2v) is 8.41. The topological polar surface area (TPSA) is 91.7 Å². The summed E-state index contributed by atoms with van der Waals surface area (Å²) in [6, 6.07) is 0. The zero-order valence-corrected chi connectivity index (χ0v) is 17.7. The molecule has 0 aromatic rings. The fourth-order valence-corrected chi connectivity index (χ4v) is 4.31. The molecule has 3 atom stereocenters. The number of hydrogen-bond donors (Lipinski definition) is 2. The van der Waals surface area contributed by atoms with Crippen LogP contribution in [0.2, 0.25) is 0 Å². The number of carbonyl (C=O) groups is 3. The number of carboxylic acids is 1. The van der Waals surface area contributed by atoms with Gasteiger partial charge in [0.15, 0.2) is 0 Å². The molecule has 0 unspecified atom stereocenters.